The molecule has 0 saturated carbocycles. The highest BCUT2D eigenvalue weighted by atomic mass is 35.5. The van der Waals surface area contributed by atoms with E-state index in [0.29, 0.717) is 11.8 Å². The summed E-state index contributed by atoms with van der Waals surface area (Å²) >= 11 is 10.7. The fraction of sp³-hybridized carbons (Fsp3) is 1.00. The van der Waals surface area contributed by atoms with Crippen LogP contribution in [0, 0.1) is 0 Å². The van der Waals surface area contributed by atoms with Crippen LogP contribution in [0.4, 0.5) is 0 Å². The van der Waals surface area contributed by atoms with Crippen molar-refractivity contribution in [2.45, 2.75) is 6.10 Å². The van der Waals surface area contributed by atoms with E-state index in [4.69, 9.17) is 28.3 Å². The number of hydrogen-bond acceptors (Lipinski definition) is 2. The Kier molecular flexibility index (Phi) is 5.99. The molecule has 0 aliphatic rings. The molecule has 0 saturated heterocycles. The first kappa shape index (κ1) is 8.50. The number of halogens is 2. The maximum atomic E-state index is 8.16. The maximum absolute atomic E-state index is 8.16. The van der Waals surface area contributed by atoms with Gasteiger partial charge < -0.3 is 9.84 Å². The molecule has 0 aromatic heterocycles. The predicted molar refractivity (Wildman–Crippen MR) is 33.4 cm³/mol. The lowest BCUT2D eigenvalue weighted by atomic mass is 10.5. The van der Waals surface area contributed by atoms with Crippen molar-refractivity contribution in [3.63, 3.8) is 0 Å². The molecule has 0 atom stereocenters. The summed E-state index contributed by atoms with van der Waals surface area (Å²) in [6.07, 6.45) is -0.219. The molecule has 2 nitrogen and oxygen atoms in total. The van der Waals surface area contributed by atoms with Crippen molar-refractivity contribution >= 4 is 23.2 Å². The standard InChI is InChI=1S/C4H8Cl2O2/c5-1-4(2-6)8-3-7/h4,7H,1-3H2. The Morgan fingerprint density at radius 3 is 2.00 bits per heavy atom. The largest absolute Gasteiger partial charge is 0.371 e. The van der Waals surface area contributed by atoms with Crippen molar-refractivity contribution in [3.05, 3.63) is 0 Å². The van der Waals surface area contributed by atoms with Crippen LogP contribution >= 0.6 is 23.2 Å². The maximum Gasteiger partial charge on any atom is 0.144 e. The normalized spacial score (nSPS) is 10.5. The first-order chi connectivity index (χ1) is 3.85. The van der Waals surface area contributed by atoms with E-state index in [1.54, 1.807) is 0 Å². The van der Waals surface area contributed by atoms with Crippen LogP contribution in [0.5, 0.6) is 0 Å². The van der Waals surface area contributed by atoms with Crippen molar-refractivity contribution in [2.75, 3.05) is 18.6 Å². The van der Waals surface area contributed by atoms with E-state index in [9.17, 15) is 0 Å². The second kappa shape index (κ2) is 5.63. The first-order valence-electron chi connectivity index (χ1n) is 2.19. The summed E-state index contributed by atoms with van der Waals surface area (Å²) in [6.45, 7) is -0.315. The quantitative estimate of drug-likeness (QED) is 0.485. The van der Waals surface area contributed by atoms with Crippen LogP contribution in [0.25, 0.3) is 0 Å². The Labute approximate surface area is 58.3 Å². The number of aliphatic hydroxyl groups excluding tert-OH is 1. The summed E-state index contributed by atoms with van der Waals surface area (Å²) in [5.74, 6) is 0.647. The summed E-state index contributed by atoms with van der Waals surface area (Å²) in [6, 6.07) is 0. The SMILES string of the molecule is OCOC(CCl)CCl. The van der Waals surface area contributed by atoms with Crippen molar-refractivity contribution < 1.29 is 9.84 Å². The molecule has 50 valence electrons. The molecule has 0 amide bonds. The van der Waals surface area contributed by atoms with Crippen LogP contribution in [0.15, 0.2) is 0 Å². The Bertz CT molecular complexity index is 47.3. The summed E-state index contributed by atoms with van der Waals surface area (Å²) in [7, 11) is 0. The first-order valence-corrected chi connectivity index (χ1v) is 3.26. The monoisotopic (exact) mass is 158 g/mol. The Morgan fingerprint density at radius 2 is 1.88 bits per heavy atom. The van der Waals surface area contributed by atoms with Gasteiger partial charge in [0.15, 0.2) is 0 Å². The lowest BCUT2D eigenvalue weighted by molar-refractivity contribution is -0.0320. The summed E-state index contributed by atoms with van der Waals surface area (Å²) < 4.78 is 4.63. The van der Waals surface area contributed by atoms with Crippen LogP contribution in [0.2, 0.25) is 0 Å². The van der Waals surface area contributed by atoms with E-state index in [-0.39, 0.29) is 12.9 Å². The van der Waals surface area contributed by atoms with E-state index in [1.807, 2.05) is 0 Å². The lowest BCUT2D eigenvalue weighted by Crippen LogP contribution is -2.16. The Balaban J connectivity index is 3.07. The molecule has 0 heterocycles. The third-order valence-corrected chi connectivity index (χ3v) is 1.34. The molecule has 8 heavy (non-hydrogen) atoms. The smallest absolute Gasteiger partial charge is 0.144 e. The van der Waals surface area contributed by atoms with E-state index in [1.165, 1.54) is 0 Å². The van der Waals surface area contributed by atoms with E-state index < -0.39 is 0 Å². The van der Waals surface area contributed by atoms with Crippen LogP contribution in [-0.2, 0) is 4.74 Å². The van der Waals surface area contributed by atoms with Gasteiger partial charge in [-0.25, -0.2) is 0 Å². The van der Waals surface area contributed by atoms with Crippen LogP contribution < -0.4 is 0 Å². The highest BCUT2D eigenvalue weighted by Crippen LogP contribution is 1.96. The number of aliphatic hydroxyl groups is 1. The van der Waals surface area contributed by atoms with Gasteiger partial charge in [0, 0.05) is 11.8 Å². The van der Waals surface area contributed by atoms with Gasteiger partial charge in [-0.05, 0) is 0 Å². The van der Waals surface area contributed by atoms with E-state index >= 15 is 0 Å². The summed E-state index contributed by atoms with van der Waals surface area (Å²) in [5.41, 5.74) is 0. The molecule has 0 radical (unpaired) electrons. The van der Waals surface area contributed by atoms with Crippen molar-refractivity contribution in [1.82, 2.24) is 0 Å². The molecule has 0 aliphatic carbocycles. The molecule has 0 spiro atoms. The van der Waals surface area contributed by atoms with Gasteiger partial charge in [0.25, 0.3) is 0 Å². The molecule has 0 fully saturated rings. The summed E-state index contributed by atoms with van der Waals surface area (Å²) in [5, 5.41) is 8.16. The van der Waals surface area contributed by atoms with Crippen LogP contribution in [0.1, 0.15) is 0 Å². The minimum Gasteiger partial charge on any atom is -0.371 e. The van der Waals surface area contributed by atoms with Gasteiger partial charge in [-0.3, -0.25) is 0 Å². The molecule has 0 aliphatic heterocycles. The fourth-order valence-electron chi connectivity index (χ4n) is 0.236. The third kappa shape index (κ3) is 3.50. The molecular weight excluding hydrogens is 151 g/mol. The zero-order valence-electron chi connectivity index (χ0n) is 4.31. The van der Waals surface area contributed by atoms with Crippen molar-refractivity contribution in [1.29, 1.82) is 0 Å². The second-order valence-electron chi connectivity index (χ2n) is 1.23. The van der Waals surface area contributed by atoms with Crippen molar-refractivity contribution in [2.24, 2.45) is 0 Å². The molecule has 0 unspecified atom stereocenters. The minimum absolute atomic E-state index is 0.219. The highest BCUT2D eigenvalue weighted by molar-refractivity contribution is 6.21. The van der Waals surface area contributed by atoms with Gasteiger partial charge in [0.1, 0.15) is 6.79 Å². The predicted octanol–water partition coefficient (Wildman–Crippen LogP) is 0.799. The topological polar surface area (TPSA) is 29.5 Å². The fourth-order valence-corrected chi connectivity index (χ4v) is 0.744. The van der Waals surface area contributed by atoms with E-state index in [2.05, 4.69) is 4.74 Å². The highest BCUT2D eigenvalue weighted by Gasteiger charge is 2.02. The summed E-state index contributed by atoms with van der Waals surface area (Å²) in [4.78, 5) is 0. The second-order valence-corrected chi connectivity index (χ2v) is 1.84. The molecule has 0 aromatic carbocycles. The molecular formula is C4H8Cl2O2. The number of rotatable bonds is 4. The number of alkyl halides is 2. The van der Waals surface area contributed by atoms with Gasteiger partial charge >= 0.3 is 0 Å². The number of hydrogen-bond donors (Lipinski definition) is 1. The van der Waals surface area contributed by atoms with Gasteiger partial charge in [-0.1, -0.05) is 0 Å². The molecule has 1 N–H and O–H groups in total. The molecule has 4 heteroatoms. The van der Waals surface area contributed by atoms with Crippen molar-refractivity contribution in [3.8, 4) is 0 Å². The number of ether oxygens (including phenoxy) is 1. The third-order valence-electron chi connectivity index (χ3n) is 0.654. The molecule has 0 bridgehead atoms. The average molecular weight is 159 g/mol. The molecule has 0 rings (SSSR count). The minimum atomic E-state index is -0.315. The Morgan fingerprint density at radius 1 is 1.38 bits per heavy atom. The van der Waals surface area contributed by atoms with Gasteiger partial charge in [0.05, 0.1) is 6.10 Å². The van der Waals surface area contributed by atoms with Gasteiger partial charge in [0.2, 0.25) is 0 Å². The average Bonchev–Trinajstić information content (AvgIpc) is 1.83. The van der Waals surface area contributed by atoms with Crippen LogP contribution in [-0.4, -0.2) is 29.8 Å². The van der Waals surface area contributed by atoms with E-state index in [0.717, 1.165) is 0 Å². The van der Waals surface area contributed by atoms with Gasteiger partial charge in [-0.2, -0.15) is 0 Å². The van der Waals surface area contributed by atoms with Gasteiger partial charge in [-0.15, -0.1) is 23.2 Å². The van der Waals surface area contributed by atoms with Crippen LogP contribution in [0.3, 0.4) is 0 Å². The zero-order valence-corrected chi connectivity index (χ0v) is 5.82. The zero-order chi connectivity index (χ0) is 6.41. The Hall–Kier alpha value is 0.500. The lowest BCUT2D eigenvalue weighted by Gasteiger charge is -2.07. The molecule has 0 aromatic rings.